The number of amides is 1. The zero-order valence-corrected chi connectivity index (χ0v) is 12.9. The molecule has 0 spiro atoms. The van der Waals surface area contributed by atoms with Gasteiger partial charge >= 0.3 is 0 Å². The zero-order valence-electron chi connectivity index (χ0n) is 12.1. The summed E-state index contributed by atoms with van der Waals surface area (Å²) in [6, 6.07) is 7.82. The monoisotopic (exact) mass is 301 g/mol. The summed E-state index contributed by atoms with van der Waals surface area (Å²) in [5, 5.41) is 6.08. The van der Waals surface area contributed by atoms with Crippen LogP contribution in [0, 0.1) is 12.3 Å². The Balaban J connectivity index is 1.71. The van der Waals surface area contributed by atoms with Crippen LogP contribution in [0.1, 0.15) is 24.3 Å². The predicted octanol–water partition coefficient (Wildman–Crippen LogP) is 3.19. The quantitative estimate of drug-likeness (QED) is 0.911. The van der Waals surface area contributed by atoms with E-state index >= 15 is 0 Å². The van der Waals surface area contributed by atoms with E-state index in [4.69, 9.17) is 5.73 Å². The lowest BCUT2D eigenvalue weighted by Crippen LogP contribution is -2.47. The summed E-state index contributed by atoms with van der Waals surface area (Å²) in [6.07, 6.45) is 2.88. The minimum atomic E-state index is -0.343. The van der Waals surface area contributed by atoms with Gasteiger partial charge < -0.3 is 11.1 Å². The highest BCUT2D eigenvalue weighted by atomic mass is 32.1. The number of nitrogens with zero attached hydrogens (tertiary/aromatic N) is 1. The van der Waals surface area contributed by atoms with Gasteiger partial charge in [-0.3, -0.25) is 4.79 Å². The fraction of sp³-hybridized carbons (Fsp3) is 0.375. The first-order valence-corrected chi connectivity index (χ1v) is 8.05. The Morgan fingerprint density at radius 3 is 2.57 bits per heavy atom. The van der Waals surface area contributed by atoms with Crippen molar-refractivity contribution < 1.29 is 4.79 Å². The van der Waals surface area contributed by atoms with E-state index in [2.05, 4.69) is 10.3 Å². The molecule has 21 heavy (non-hydrogen) atoms. The second-order valence-corrected chi connectivity index (χ2v) is 6.68. The fourth-order valence-electron chi connectivity index (χ4n) is 2.61. The zero-order chi connectivity index (χ0) is 14.9. The van der Waals surface area contributed by atoms with Gasteiger partial charge in [-0.05, 0) is 31.9 Å². The summed E-state index contributed by atoms with van der Waals surface area (Å²) in [5.74, 6) is 0.0495. The van der Waals surface area contributed by atoms with E-state index in [0.717, 1.165) is 41.2 Å². The molecule has 1 amide bonds. The Bertz CT molecular complexity index is 638. The lowest BCUT2D eigenvalue weighted by molar-refractivity contribution is -0.129. The van der Waals surface area contributed by atoms with Crippen molar-refractivity contribution in [3.63, 3.8) is 0 Å². The van der Waals surface area contributed by atoms with Gasteiger partial charge in [0.1, 0.15) is 0 Å². The van der Waals surface area contributed by atoms with Crippen molar-refractivity contribution in [2.75, 3.05) is 11.9 Å². The first-order chi connectivity index (χ1) is 10.1. The van der Waals surface area contributed by atoms with Gasteiger partial charge in [-0.15, -0.1) is 11.3 Å². The van der Waals surface area contributed by atoms with E-state index in [1.165, 1.54) is 0 Å². The Labute approximate surface area is 128 Å². The average molecular weight is 301 g/mol. The predicted molar refractivity (Wildman–Crippen MR) is 86.3 cm³/mol. The number of aromatic nitrogens is 1. The van der Waals surface area contributed by atoms with E-state index in [0.29, 0.717) is 6.54 Å². The van der Waals surface area contributed by atoms with Gasteiger partial charge in [0, 0.05) is 23.2 Å². The number of benzene rings is 1. The highest BCUT2D eigenvalue weighted by molar-refractivity contribution is 7.09. The molecule has 3 N–H and O–H groups in total. The van der Waals surface area contributed by atoms with E-state index in [9.17, 15) is 4.79 Å². The second-order valence-electron chi connectivity index (χ2n) is 5.62. The highest BCUT2D eigenvalue weighted by Gasteiger charge is 2.42. The van der Waals surface area contributed by atoms with Gasteiger partial charge in [0.25, 0.3) is 0 Å². The molecule has 5 heteroatoms. The van der Waals surface area contributed by atoms with E-state index < -0.39 is 0 Å². The van der Waals surface area contributed by atoms with Crippen molar-refractivity contribution in [3.8, 4) is 11.3 Å². The molecule has 0 unspecified atom stereocenters. The average Bonchev–Trinajstić information content (AvgIpc) is 2.86. The number of hydrogen-bond donors (Lipinski definition) is 2. The van der Waals surface area contributed by atoms with Crippen LogP contribution < -0.4 is 11.1 Å². The third-order valence-electron chi connectivity index (χ3n) is 4.24. The normalized spacial score (nSPS) is 16.3. The molecule has 0 radical (unpaired) electrons. The molecule has 0 aliphatic heterocycles. The largest absolute Gasteiger partial charge is 0.329 e. The number of rotatable bonds is 4. The number of carbonyl (C=O) groups is 1. The van der Waals surface area contributed by atoms with Crippen LogP contribution in [0.4, 0.5) is 5.69 Å². The van der Waals surface area contributed by atoms with Crippen molar-refractivity contribution in [1.82, 2.24) is 4.98 Å². The molecule has 1 aromatic heterocycles. The number of aryl methyl sites for hydroxylation is 1. The summed E-state index contributed by atoms with van der Waals surface area (Å²) in [5.41, 5.74) is 8.27. The lowest BCUT2D eigenvalue weighted by atomic mass is 9.68. The Morgan fingerprint density at radius 2 is 2.10 bits per heavy atom. The first-order valence-electron chi connectivity index (χ1n) is 7.17. The number of nitrogens with two attached hydrogens (primary N) is 1. The van der Waals surface area contributed by atoms with Crippen molar-refractivity contribution in [2.24, 2.45) is 11.1 Å². The number of anilines is 1. The van der Waals surface area contributed by atoms with Gasteiger partial charge in [0.05, 0.1) is 16.1 Å². The van der Waals surface area contributed by atoms with Gasteiger partial charge in [-0.1, -0.05) is 18.6 Å². The molecular formula is C16H19N3OS. The molecule has 1 heterocycles. The van der Waals surface area contributed by atoms with E-state index in [1.54, 1.807) is 11.3 Å². The van der Waals surface area contributed by atoms with Crippen LogP contribution in [0.15, 0.2) is 29.6 Å². The topological polar surface area (TPSA) is 68.0 Å². The molecule has 1 aromatic carbocycles. The fourth-order valence-corrected chi connectivity index (χ4v) is 3.23. The third-order valence-corrected chi connectivity index (χ3v) is 5.01. The first kappa shape index (κ1) is 14.2. The minimum absolute atomic E-state index is 0.0495. The van der Waals surface area contributed by atoms with E-state index in [1.807, 2.05) is 36.6 Å². The highest BCUT2D eigenvalue weighted by Crippen LogP contribution is 2.40. The van der Waals surface area contributed by atoms with Crippen LogP contribution in [0.25, 0.3) is 11.3 Å². The Hall–Kier alpha value is -1.72. The van der Waals surface area contributed by atoms with Gasteiger partial charge in [-0.25, -0.2) is 4.98 Å². The smallest absolute Gasteiger partial charge is 0.231 e. The molecule has 3 rings (SSSR count). The molecule has 1 aliphatic rings. The number of nitrogens with one attached hydrogen (secondary N) is 1. The van der Waals surface area contributed by atoms with Crippen LogP contribution >= 0.6 is 11.3 Å². The van der Waals surface area contributed by atoms with Gasteiger partial charge in [0.2, 0.25) is 5.91 Å². The molecule has 0 saturated heterocycles. The number of thiazole rings is 1. The van der Waals surface area contributed by atoms with Crippen LogP contribution in [0.2, 0.25) is 0 Å². The van der Waals surface area contributed by atoms with Crippen LogP contribution in [-0.4, -0.2) is 17.4 Å². The van der Waals surface area contributed by atoms with Crippen molar-refractivity contribution >= 4 is 22.9 Å². The number of carbonyl (C=O) groups excluding carboxylic acids is 1. The summed E-state index contributed by atoms with van der Waals surface area (Å²) in [4.78, 5) is 16.8. The SMILES string of the molecule is Cc1nc(-c2ccc(NC(=O)C3(CN)CCC3)cc2)cs1. The van der Waals surface area contributed by atoms with Gasteiger partial charge in [0.15, 0.2) is 0 Å². The molecule has 110 valence electrons. The summed E-state index contributed by atoms with van der Waals surface area (Å²) >= 11 is 1.64. The molecule has 1 fully saturated rings. The summed E-state index contributed by atoms with van der Waals surface area (Å²) in [6.45, 7) is 2.42. The number of hydrogen-bond acceptors (Lipinski definition) is 4. The van der Waals surface area contributed by atoms with Crippen molar-refractivity contribution in [3.05, 3.63) is 34.7 Å². The van der Waals surface area contributed by atoms with Crippen LogP contribution in [0.3, 0.4) is 0 Å². The maximum absolute atomic E-state index is 12.3. The standard InChI is InChI=1S/C16H19N3OS/c1-11-18-14(9-21-11)12-3-5-13(6-4-12)19-15(20)16(10-17)7-2-8-16/h3-6,9H,2,7-8,10,17H2,1H3,(H,19,20). The van der Waals surface area contributed by atoms with E-state index in [-0.39, 0.29) is 11.3 Å². The van der Waals surface area contributed by atoms with Crippen molar-refractivity contribution in [1.29, 1.82) is 0 Å². The molecule has 0 atom stereocenters. The Kier molecular flexibility index (Phi) is 3.78. The maximum Gasteiger partial charge on any atom is 0.231 e. The van der Waals surface area contributed by atoms with Crippen LogP contribution in [0.5, 0.6) is 0 Å². The molecule has 1 saturated carbocycles. The van der Waals surface area contributed by atoms with Gasteiger partial charge in [-0.2, -0.15) is 0 Å². The second kappa shape index (κ2) is 5.58. The maximum atomic E-state index is 12.3. The molecular weight excluding hydrogens is 282 g/mol. The molecule has 1 aliphatic carbocycles. The minimum Gasteiger partial charge on any atom is -0.329 e. The summed E-state index contributed by atoms with van der Waals surface area (Å²) < 4.78 is 0. The molecule has 4 nitrogen and oxygen atoms in total. The summed E-state index contributed by atoms with van der Waals surface area (Å²) in [7, 11) is 0. The lowest BCUT2D eigenvalue weighted by Gasteiger charge is -2.39. The third kappa shape index (κ3) is 2.71. The van der Waals surface area contributed by atoms with Crippen LogP contribution in [-0.2, 0) is 4.79 Å². The Morgan fingerprint density at radius 1 is 1.38 bits per heavy atom. The molecule has 2 aromatic rings. The molecule has 0 bridgehead atoms. The van der Waals surface area contributed by atoms with Crippen molar-refractivity contribution in [2.45, 2.75) is 26.2 Å².